The van der Waals surface area contributed by atoms with Crippen molar-refractivity contribution in [1.29, 1.82) is 0 Å². The number of hydrogen-bond donors (Lipinski definition) is 2. The summed E-state index contributed by atoms with van der Waals surface area (Å²) in [5.74, 6) is -0.0827. The number of morpholine rings is 1. The van der Waals surface area contributed by atoms with Crippen molar-refractivity contribution < 1.29 is 23.5 Å². The Labute approximate surface area is 248 Å². The maximum Gasteiger partial charge on any atom is 0.256 e. The summed E-state index contributed by atoms with van der Waals surface area (Å²) in [4.78, 5) is 34.3. The SMILES string of the molecule is N[C@@H]1CCN(C2C(F)CC3C(=O)C(C(=O)NCCN4CCCC4)=CN4C5CC6OC7CCCCC7C6CC5OC2C34)C1. The summed E-state index contributed by atoms with van der Waals surface area (Å²) in [5.41, 5.74) is 6.47. The van der Waals surface area contributed by atoms with E-state index in [0.29, 0.717) is 31.0 Å². The molecule has 8 aliphatic rings. The Bertz CT molecular complexity index is 1100. The van der Waals surface area contributed by atoms with Crippen molar-refractivity contribution in [3.05, 3.63) is 11.8 Å². The molecule has 1 amide bonds. The summed E-state index contributed by atoms with van der Waals surface area (Å²) < 4.78 is 29.9. The number of halogens is 1. The summed E-state index contributed by atoms with van der Waals surface area (Å²) in [6, 6.07) is -0.622. The van der Waals surface area contributed by atoms with Gasteiger partial charge in [0, 0.05) is 44.3 Å². The Morgan fingerprint density at radius 3 is 2.60 bits per heavy atom. The molecule has 232 valence electrons. The molecule has 42 heavy (non-hydrogen) atoms. The second-order valence-electron chi connectivity index (χ2n) is 14.5. The average Bonchev–Trinajstić information content (AvgIpc) is 3.73. The van der Waals surface area contributed by atoms with Crippen molar-refractivity contribution in [2.45, 2.75) is 119 Å². The number of nitrogens with one attached hydrogen (secondary N) is 1. The highest BCUT2D eigenvalue weighted by Crippen LogP contribution is 2.53. The fourth-order valence-electron chi connectivity index (χ4n) is 10.3. The van der Waals surface area contributed by atoms with E-state index in [1.807, 2.05) is 6.20 Å². The van der Waals surface area contributed by atoms with Crippen LogP contribution in [0.4, 0.5) is 4.39 Å². The lowest BCUT2D eigenvalue weighted by molar-refractivity contribution is -0.220. The molecule has 3 N–H and O–H groups in total. The fraction of sp³-hybridized carbons (Fsp3) is 0.875. The molecule has 12 atom stereocenters. The van der Waals surface area contributed by atoms with Gasteiger partial charge in [0.25, 0.3) is 5.91 Å². The summed E-state index contributed by atoms with van der Waals surface area (Å²) in [6.07, 6.45) is 10.7. The van der Waals surface area contributed by atoms with Crippen LogP contribution >= 0.6 is 0 Å². The number of carbonyl (C=O) groups excluding carboxylic acids is 2. The fourth-order valence-corrected chi connectivity index (χ4v) is 10.3. The molecule has 0 aromatic rings. The Balaban J connectivity index is 1.10. The average molecular weight is 586 g/mol. The van der Waals surface area contributed by atoms with Crippen LogP contribution in [0.2, 0.25) is 0 Å². The lowest BCUT2D eigenvalue weighted by Gasteiger charge is -2.61. The lowest BCUT2D eigenvalue weighted by Crippen LogP contribution is -2.73. The molecule has 10 heteroatoms. The van der Waals surface area contributed by atoms with E-state index in [-0.39, 0.29) is 54.0 Å². The summed E-state index contributed by atoms with van der Waals surface area (Å²) >= 11 is 0. The van der Waals surface area contributed by atoms with Crippen LogP contribution in [0.1, 0.15) is 64.2 Å². The van der Waals surface area contributed by atoms with Crippen molar-refractivity contribution in [3.63, 3.8) is 0 Å². The first kappa shape index (κ1) is 27.9. The zero-order valence-electron chi connectivity index (χ0n) is 24.7. The molecule has 8 rings (SSSR count). The number of fused-ring (bicyclic) bond motifs is 5. The lowest BCUT2D eigenvalue weighted by atomic mass is 9.67. The van der Waals surface area contributed by atoms with Gasteiger partial charge in [0.15, 0.2) is 5.78 Å². The zero-order chi connectivity index (χ0) is 28.5. The minimum atomic E-state index is -1.20. The molecule has 3 saturated carbocycles. The highest BCUT2D eigenvalue weighted by Gasteiger charge is 2.62. The highest BCUT2D eigenvalue weighted by molar-refractivity contribution is 6.20. The van der Waals surface area contributed by atoms with Gasteiger partial charge in [-0.15, -0.1) is 0 Å². The molecule has 11 unspecified atom stereocenters. The van der Waals surface area contributed by atoms with Crippen molar-refractivity contribution >= 4 is 11.7 Å². The van der Waals surface area contributed by atoms with Gasteiger partial charge in [-0.1, -0.05) is 12.8 Å². The minimum Gasteiger partial charge on any atom is -0.374 e. The second kappa shape index (κ2) is 11.1. The third-order valence-electron chi connectivity index (χ3n) is 12.2. The first-order valence-electron chi connectivity index (χ1n) is 16.9. The van der Waals surface area contributed by atoms with Crippen LogP contribution in [0, 0.1) is 17.8 Å². The predicted octanol–water partition coefficient (Wildman–Crippen LogP) is 1.60. The Kier molecular flexibility index (Phi) is 7.37. The van der Waals surface area contributed by atoms with Gasteiger partial charge in [-0.3, -0.25) is 14.5 Å². The van der Waals surface area contributed by atoms with Crippen LogP contribution in [-0.2, 0) is 19.1 Å². The third-order valence-corrected chi connectivity index (χ3v) is 12.2. The largest absolute Gasteiger partial charge is 0.374 e. The predicted molar refractivity (Wildman–Crippen MR) is 154 cm³/mol. The van der Waals surface area contributed by atoms with Crippen LogP contribution in [0.3, 0.4) is 0 Å². The Morgan fingerprint density at radius 1 is 0.952 bits per heavy atom. The number of amides is 1. The standard InChI is InChI=1S/C32H48FN5O4/c33-23-13-21-28-31(29(23)37-11-7-18(34)16-37)42-27-14-20-19-5-1-2-6-25(19)41-26(20)15-24(27)38(28)17-22(30(21)39)32(40)35-8-12-36-9-3-4-10-36/h17-21,23-29,31H,1-16,34H2,(H,35,40)/t18-,19?,20?,21?,23?,24?,25?,26?,27?,28?,29?,31?/m1/s1. The molecule has 0 bridgehead atoms. The summed E-state index contributed by atoms with van der Waals surface area (Å²) in [7, 11) is 0. The molecule has 0 radical (unpaired) electrons. The molecule has 4 saturated heterocycles. The molecule has 7 fully saturated rings. The molecule has 5 heterocycles. The zero-order valence-corrected chi connectivity index (χ0v) is 24.7. The van der Waals surface area contributed by atoms with E-state index in [1.54, 1.807) is 0 Å². The number of nitrogens with zero attached hydrogens (tertiary/aromatic N) is 3. The van der Waals surface area contributed by atoms with Crippen molar-refractivity contribution in [3.8, 4) is 0 Å². The number of ketones is 1. The van der Waals surface area contributed by atoms with Gasteiger partial charge >= 0.3 is 0 Å². The van der Waals surface area contributed by atoms with E-state index in [0.717, 1.165) is 51.9 Å². The first-order valence-corrected chi connectivity index (χ1v) is 16.9. The van der Waals surface area contributed by atoms with Gasteiger partial charge in [-0.25, -0.2) is 4.39 Å². The van der Waals surface area contributed by atoms with Gasteiger partial charge < -0.3 is 30.3 Å². The smallest absolute Gasteiger partial charge is 0.256 e. The van der Waals surface area contributed by atoms with Crippen LogP contribution in [0.25, 0.3) is 0 Å². The molecular weight excluding hydrogens is 537 g/mol. The van der Waals surface area contributed by atoms with E-state index in [4.69, 9.17) is 15.2 Å². The van der Waals surface area contributed by atoms with E-state index >= 15 is 4.39 Å². The van der Waals surface area contributed by atoms with E-state index in [1.165, 1.54) is 32.1 Å². The van der Waals surface area contributed by atoms with Gasteiger partial charge in [0.2, 0.25) is 0 Å². The van der Waals surface area contributed by atoms with Crippen molar-refractivity contribution in [2.75, 3.05) is 39.3 Å². The Hall–Kier alpha value is -1.59. The normalized spacial score (nSPS) is 47.0. The number of rotatable bonds is 5. The van der Waals surface area contributed by atoms with E-state index in [2.05, 4.69) is 20.0 Å². The molecular formula is C32H48FN5O4. The van der Waals surface area contributed by atoms with Crippen LogP contribution in [-0.4, -0.2) is 120 Å². The van der Waals surface area contributed by atoms with E-state index < -0.39 is 24.2 Å². The quantitative estimate of drug-likeness (QED) is 0.470. The maximum absolute atomic E-state index is 16.2. The van der Waals surface area contributed by atoms with Gasteiger partial charge in [0.05, 0.1) is 48.1 Å². The molecule has 0 aromatic carbocycles. The van der Waals surface area contributed by atoms with Crippen LogP contribution in [0.5, 0.6) is 0 Å². The number of Topliss-reactive ketones (excluding diaryl/α,β-unsaturated/α-hetero) is 1. The number of hydrogen-bond acceptors (Lipinski definition) is 8. The monoisotopic (exact) mass is 585 g/mol. The number of likely N-dealkylation sites (tertiary alicyclic amines) is 2. The van der Waals surface area contributed by atoms with Gasteiger partial charge in [-0.2, -0.15) is 0 Å². The minimum absolute atomic E-state index is 0.0216. The van der Waals surface area contributed by atoms with E-state index in [9.17, 15) is 9.59 Å². The van der Waals surface area contributed by atoms with Gasteiger partial charge in [-0.05, 0) is 76.3 Å². The Morgan fingerprint density at radius 2 is 1.79 bits per heavy atom. The van der Waals surface area contributed by atoms with Crippen molar-refractivity contribution in [2.24, 2.45) is 23.5 Å². The second-order valence-corrected chi connectivity index (χ2v) is 14.5. The number of ether oxygens (including phenoxy) is 2. The molecule has 3 aliphatic carbocycles. The van der Waals surface area contributed by atoms with Crippen LogP contribution < -0.4 is 11.1 Å². The number of nitrogens with two attached hydrogens (primary N) is 1. The van der Waals surface area contributed by atoms with Crippen molar-refractivity contribution in [1.82, 2.24) is 20.0 Å². The third kappa shape index (κ3) is 4.66. The summed E-state index contributed by atoms with van der Waals surface area (Å²) in [6.45, 7) is 4.84. The van der Waals surface area contributed by atoms with Crippen LogP contribution in [0.15, 0.2) is 11.8 Å². The maximum atomic E-state index is 16.2. The summed E-state index contributed by atoms with van der Waals surface area (Å²) in [5, 5.41) is 3.02. The molecule has 9 nitrogen and oxygen atoms in total. The van der Waals surface area contributed by atoms with Gasteiger partial charge in [0.1, 0.15) is 6.17 Å². The molecule has 0 spiro atoms. The number of alkyl halides is 1. The topological polar surface area (TPSA) is 100 Å². The molecule has 5 aliphatic heterocycles. The molecule has 0 aromatic heterocycles. The number of carbonyl (C=O) groups is 2. The first-order chi connectivity index (χ1) is 20.5. The highest BCUT2D eigenvalue weighted by atomic mass is 19.1.